The van der Waals surface area contributed by atoms with Crippen molar-refractivity contribution in [1.82, 2.24) is 9.78 Å². The Labute approximate surface area is 78.8 Å². The van der Waals surface area contributed by atoms with Gasteiger partial charge in [-0.25, -0.2) is 0 Å². The Balaban J connectivity index is 3.05. The van der Waals surface area contributed by atoms with Gasteiger partial charge >= 0.3 is 0 Å². The largest absolute Gasteiger partial charge is 0.298 e. The fraction of sp³-hybridized carbons (Fsp3) is 0.600. The van der Waals surface area contributed by atoms with Crippen LogP contribution in [0.3, 0.4) is 0 Å². The summed E-state index contributed by atoms with van der Waals surface area (Å²) < 4.78 is 1.92. The molecule has 13 heavy (non-hydrogen) atoms. The van der Waals surface area contributed by atoms with Gasteiger partial charge in [0.2, 0.25) is 0 Å². The lowest BCUT2D eigenvalue weighted by atomic mass is 10.1. The van der Waals surface area contributed by atoms with E-state index < -0.39 is 0 Å². The van der Waals surface area contributed by atoms with Gasteiger partial charge in [-0.2, -0.15) is 5.10 Å². The fourth-order valence-electron chi connectivity index (χ4n) is 1.44. The van der Waals surface area contributed by atoms with E-state index in [4.69, 9.17) is 0 Å². The van der Waals surface area contributed by atoms with E-state index >= 15 is 0 Å². The Morgan fingerprint density at radius 3 is 2.77 bits per heavy atom. The van der Waals surface area contributed by atoms with Gasteiger partial charge < -0.3 is 0 Å². The summed E-state index contributed by atoms with van der Waals surface area (Å²) in [5, 5.41) is 4.19. The summed E-state index contributed by atoms with van der Waals surface area (Å²) in [5.41, 5.74) is 1.79. The van der Waals surface area contributed by atoms with Crippen molar-refractivity contribution in [3.8, 4) is 0 Å². The highest BCUT2D eigenvalue weighted by Crippen LogP contribution is 2.14. The second-order valence-electron chi connectivity index (χ2n) is 3.45. The molecule has 0 aliphatic heterocycles. The fourth-order valence-corrected chi connectivity index (χ4v) is 1.44. The Bertz CT molecular complexity index is 289. The Kier molecular flexibility index (Phi) is 3.23. The quantitative estimate of drug-likeness (QED) is 0.666. The lowest BCUT2D eigenvalue weighted by Gasteiger charge is -2.10. The van der Waals surface area contributed by atoms with Gasteiger partial charge in [-0.15, -0.1) is 0 Å². The van der Waals surface area contributed by atoms with E-state index in [1.54, 1.807) is 6.20 Å². The Hall–Kier alpha value is -1.12. The first kappa shape index (κ1) is 9.96. The van der Waals surface area contributed by atoms with E-state index in [0.717, 1.165) is 30.4 Å². The molecule has 0 fully saturated rings. The van der Waals surface area contributed by atoms with Crippen molar-refractivity contribution in [3.63, 3.8) is 0 Å². The highest BCUT2D eigenvalue weighted by molar-refractivity contribution is 5.76. The average Bonchev–Trinajstić information content (AvgIpc) is 2.48. The van der Waals surface area contributed by atoms with Crippen LogP contribution in [0.1, 0.15) is 49.3 Å². The van der Waals surface area contributed by atoms with Crippen LogP contribution >= 0.6 is 0 Å². The molecule has 0 saturated carbocycles. The van der Waals surface area contributed by atoms with Gasteiger partial charge in [0, 0.05) is 11.7 Å². The van der Waals surface area contributed by atoms with Crippen LogP contribution in [0.4, 0.5) is 0 Å². The van der Waals surface area contributed by atoms with Crippen molar-refractivity contribution in [2.24, 2.45) is 0 Å². The molecule has 3 heteroatoms. The summed E-state index contributed by atoms with van der Waals surface area (Å²) in [6.07, 6.45) is 4.50. The normalized spacial score (nSPS) is 10.8. The maximum atomic E-state index is 10.7. The van der Waals surface area contributed by atoms with Crippen molar-refractivity contribution in [2.75, 3.05) is 0 Å². The van der Waals surface area contributed by atoms with Gasteiger partial charge in [0.05, 0.1) is 11.8 Å². The lowest BCUT2D eigenvalue weighted by molar-refractivity contribution is 0.112. The van der Waals surface area contributed by atoms with Crippen LogP contribution in [0.25, 0.3) is 0 Å². The van der Waals surface area contributed by atoms with E-state index in [0.29, 0.717) is 6.04 Å². The van der Waals surface area contributed by atoms with Gasteiger partial charge in [-0.05, 0) is 20.3 Å². The molecular formula is C10H16N2O. The van der Waals surface area contributed by atoms with Gasteiger partial charge in [-0.3, -0.25) is 9.48 Å². The van der Waals surface area contributed by atoms with Crippen molar-refractivity contribution < 1.29 is 4.79 Å². The maximum absolute atomic E-state index is 10.7. The zero-order valence-corrected chi connectivity index (χ0v) is 8.45. The van der Waals surface area contributed by atoms with Crippen LogP contribution in [-0.4, -0.2) is 16.1 Å². The first-order valence-corrected chi connectivity index (χ1v) is 4.72. The SMILES string of the molecule is CCCc1c(C=O)cnn1C(C)C. The third-order valence-corrected chi connectivity index (χ3v) is 2.03. The number of hydrogen-bond acceptors (Lipinski definition) is 2. The average molecular weight is 180 g/mol. The summed E-state index contributed by atoms with van der Waals surface area (Å²) in [5.74, 6) is 0. The zero-order chi connectivity index (χ0) is 9.84. The highest BCUT2D eigenvalue weighted by Gasteiger charge is 2.10. The summed E-state index contributed by atoms with van der Waals surface area (Å²) in [4.78, 5) is 10.7. The number of aldehydes is 1. The first-order valence-electron chi connectivity index (χ1n) is 4.72. The predicted molar refractivity (Wildman–Crippen MR) is 52.0 cm³/mol. The molecule has 1 heterocycles. The minimum atomic E-state index is 0.329. The molecule has 1 rings (SSSR count). The minimum Gasteiger partial charge on any atom is -0.298 e. The molecule has 0 amide bonds. The topological polar surface area (TPSA) is 34.9 Å². The van der Waals surface area contributed by atoms with Gasteiger partial charge in [-0.1, -0.05) is 13.3 Å². The van der Waals surface area contributed by atoms with E-state index in [1.165, 1.54) is 0 Å². The molecule has 0 aliphatic carbocycles. The smallest absolute Gasteiger partial charge is 0.153 e. The van der Waals surface area contributed by atoms with Crippen molar-refractivity contribution >= 4 is 6.29 Å². The molecule has 0 spiro atoms. The number of aromatic nitrogens is 2. The van der Waals surface area contributed by atoms with Crippen LogP contribution in [0, 0.1) is 0 Å². The monoisotopic (exact) mass is 180 g/mol. The number of nitrogens with zero attached hydrogens (tertiary/aromatic N) is 2. The zero-order valence-electron chi connectivity index (χ0n) is 8.45. The number of rotatable bonds is 4. The van der Waals surface area contributed by atoms with Crippen LogP contribution < -0.4 is 0 Å². The van der Waals surface area contributed by atoms with Crippen molar-refractivity contribution in [2.45, 2.75) is 39.7 Å². The second kappa shape index (κ2) is 4.21. The molecule has 0 aliphatic rings. The molecule has 72 valence electrons. The van der Waals surface area contributed by atoms with E-state index in [2.05, 4.69) is 25.9 Å². The predicted octanol–water partition coefficient (Wildman–Crippen LogP) is 2.23. The molecule has 1 aromatic rings. The highest BCUT2D eigenvalue weighted by atomic mass is 16.1. The number of carbonyl (C=O) groups is 1. The summed E-state index contributed by atoms with van der Waals surface area (Å²) in [7, 11) is 0. The van der Waals surface area contributed by atoms with Gasteiger partial charge in [0.1, 0.15) is 0 Å². The number of carbonyl (C=O) groups excluding carboxylic acids is 1. The Morgan fingerprint density at radius 1 is 1.62 bits per heavy atom. The van der Waals surface area contributed by atoms with E-state index in [9.17, 15) is 4.79 Å². The number of hydrogen-bond donors (Lipinski definition) is 0. The Morgan fingerprint density at radius 2 is 2.31 bits per heavy atom. The molecule has 0 bridgehead atoms. The van der Waals surface area contributed by atoms with Gasteiger partial charge in [0.15, 0.2) is 6.29 Å². The van der Waals surface area contributed by atoms with E-state index in [-0.39, 0.29) is 0 Å². The first-order chi connectivity index (χ1) is 6.20. The molecule has 1 aromatic heterocycles. The standard InChI is InChI=1S/C10H16N2O/c1-4-5-10-9(7-13)6-11-12(10)8(2)3/h6-8H,4-5H2,1-3H3. The molecule has 0 radical (unpaired) electrons. The molecule has 0 atom stereocenters. The minimum absolute atomic E-state index is 0.329. The molecule has 0 unspecified atom stereocenters. The van der Waals surface area contributed by atoms with Crippen molar-refractivity contribution in [1.29, 1.82) is 0 Å². The van der Waals surface area contributed by atoms with E-state index in [1.807, 2.05) is 4.68 Å². The molecule has 0 N–H and O–H groups in total. The third kappa shape index (κ3) is 1.97. The molecular weight excluding hydrogens is 164 g/mol. The summed E-state index contributed by atoms with van der Waals surface area (Å²) in [6.45, 7) is 6.24. The molecule has 0 aromatic carbocycles. The van der Waals surface area contributed by atoms with Crippen LogP contribution in [0.2, 0.25) is 0 Å². The molecule has 0 saturated heterocycles. The van der Waals surface area contributed by atoms with Crippen LogP contribution in [0.15, 0.2) is 6.20 Å². The van der Waals surface area contributed by atoms with Crippen LogP contribution in [0.5, 0.6) is 0 Å². The van der Waals surface area contributed by atoms with Crippen molar-refractivity contribution in [3.05, 3.63) is 17.5 Å². The molecule has 3 nitrogen and oxygen atoms in total. The van der Waals surface area contributed by atoms with Crippen LogP contribution in [-0.2, 0) is 6.42 Å². The summed E-state index contributed by atoms with van der Waals surface area (Å²) >= 11 is 0. The maximum Gasteiger partial charge on any atom is 0.153 e. The third-order valence-electron chi connectivity index (χ3n) is 2.03. The van der Waals surface area contributed by atoms with Gasteiger partial charge in [0.25, 0.3) is 0 Å². The lowest BCUT2D eigenvalue weighted by Crippen LogP contribution is -2.08. The summed E-state index contributed by atoms with van der Waals surface area (Å²) in [6, 6.07) is 0.329. The second-order valence-corrected chi connectivity index (χ2v) is 3.45.